The number of nitrogens with one attached hydrogen (secondary N) is 1. The summed E-state index contributed by atoms with van der Waals surface area (Å²) >= 11 is 0. The molecule has 0 unspecified atom stereocenters. The number of carbonyl (C=O) groups excluding carboxylic acids is 2. The average molecular weight is 468 g/mol. The van der Waals surface area contributed by atoms with Crippen molar-refractivity contribution in [3.05, 3.63) is 106 Å². The topological polar surface area (TPSA) is 85.3 Å². The van der Waals surface area contributed by atoms with E-state index in [1.54, 1.807) is 37.3 Å². The van der Waals surface area contributed by atoms with E-state index in [1.165, 1.54) is 12.1 Å². The van der Waals surface area contributed by atoms with Crippen LogP contribution in [0.2, 0.25) is 0 Å². The number of hydrogen-bond donors (Lipinski definition) is 1. The van der Waals surface area contributed by atoms with Gasteiger partial charge in [-0.1, -0.05) is 41.6 Å². The van der Waals surface area contributed by atoms with Crippen molar-refractivity contribution in [2.24, 2.45) is 0 Å². The van der Waals surface area contributed by atoms with Gasteiger partial charge < -0.3 is 14.3 Å². The fraction of sp³-hybridized carbons (Fsp3) is 0.107. The molecule has 174 valence electrons. The highest BCUT2D eigenvalue weighted by molar-refractivity contribution is 6.18. The smallest absolute Gasteiger partial charge is 0.277 e. The number of halogens is 1. The van der Waals surface area contributed by atoms with Gasteiger partial charge in [0.15, 0.2) is 17.2 Å². The van der Waals surface area contributed by atoms with Crippen LogP contribution < -0.4 is 5.32 Å². The molecule has 35 heavy (non-hydrogen) atoms. The van der Waals surface area contributed by atoms with E-state index in [0.717, 1.165) is 22.8 Å². The maximum absolute atomic E-state index is 14.1. The molecule has 0 spiro atoms. The van der Waals surface area contributed by atoms with Gasteiger partial charge in [0.2, 0.25) is 5.78 Å². The highest BCUT2D eigenvalue weighted by Gasteiger charge is 2.25. The summed E-state index contributed by atoms with van der Waals surface area (Å²) in [5, 5.41) is 7.19. The lowest BCUT2D eigenvalue weighted by Crippen LogP contribution is -2.14. The second-order valence-electron chi connectivity index (χ2n) is 8.42. The highest BCUT2D eigenvalue weighted by atomic mass is 19.1. The van der Waals surface area contributed by atoms with Crippen LogP contribution in [0.5, 0.6) is 0 Å². The predicted octanol–water partition coefficient (Wildman–Crippen LogP) is 6.64. The number of rotatable bonds is 5. The van der Waals surface area contributed by atoms with E-state index < -0.39 is 17.5 Å². The van der Waals surface area contributed by atoms with Crippen molar-refractivity contribution < 1.29 is 22.9 Å². The first-order valence-corrected chi connectivity index (χ1v) is 11.0. The number of aryl methyl sites for hydroxylation is 3. The Bertz CT molecular complexity index is 1610. The van der Waals surface area contributed by atoms with E-state index in [4.69, 9.17) is 8.94 Å². The summed E-state index contributed by atoms with van der Waals surface area (Å²) in [5.74, 6) is -1.27. The van der Waals surface area contributed by atoms with Crippen molar-refractivity contribution >= 4 is 28.3 Å². The standard InChI is InChI=1S/C28H21FN2O4/c1-15-8-10-18(12-17(15)3)24-14-22(31-35-24)28(33)30-25-20-6-4-5-7-23(20)34-27(25)26(32)19-11-9-16(2)21(29)13-19/h4-14H,1-3H3,(H,30,33). The second kappa shape index (κ2) is 8.68. The number of para-hydroxylation sites is 1. The molecule has 2 heterocycles. The van der Waals surface area contributed by atoms with Crippen LogP contribution in [-0.4, -0.2) is 16.8 Å². The molecular weight excluding hydrogens is 447 g/mol. The van der Waals surface area contributed by atoms with Gasteiger partial charge in [-0.05, 0) is 61.7 Å². The Morgan fingerprint density at radius 1 is 0.886 bits per heavy atom. The third-order valence-corrected chi connectivity index (χ3v) is 6.01. The molecule has 7 heteroatoms. The third-order valence-electron chi connectivity index (χ3n) is 6.01. The van der Waals surface area contributed by atoms with E-state index in [0.29, 0.717) is 22.3 Å². The number of fused-ring (bicyclic) bond motifs is 1. The molecule has 0 saturated heterocycles. The minimum Gasteiger partial charge on any atom is -0.450 e. The normalized spacial score (nSPS) is 11.1. The van der Waals surface area contributed by atoms with Crippen LogP contribution in [-0.2, 0) is 0 Å². The van der Waals surface area contributed by atoms with Gasteiger partial charge in [-0.15, -0.1) is 0 Å². The Morgan fingerprint density at radius 3 is 2.43 bits per heavy atom. The van der Waals surface area contributed by atoms with Crippen molar-refractivity contribution in [3.8, 4) is 11.3 Å². The largest absolute Gasteiger partial charge is 0.450 e. The Balaban J connectivity index is 1.50. The number of carbonyl (C=O) groups is 2. The molecule has 0 aliphatic rings. The van der Waals surface area contributed by atoms with Crippen molar-refractivity contribution in [2.45, 2.75) is 20.8 Å². The summed E-state index contributed by atoms with van der Waals surface area (Å²) in [7, 11) is 0. The first-order chi connectivity index (χ1) is 16.8. The quantitative estimate of drug-likeness (QED) is 0.292. The maximum atomic E-state index is 14.1. The Hall–Kier alpha value is -4.52. The van der Waals surface area contributed by atoms with Crippen LogP contribution in [0.1, 0.15) is 43.3 Å². The van der Waals surface area contributed by atoms with Crippen LogP contribution in [0.4, 0.5) is 10.1 Å². The van der Waals surface area contributed by atoms with E-state index in [2.05, 4.69) is 10.5 Å². The Morgan fingerprint density at radius 2 is 1.66 bits per heavy atom. The van der Waals surface area contributed by atoms with Crippen molar-refractivity contribution in [3.63, 3.8) is 0 Å². The molecule has 1 amide bonds. The van der Waals surface area contributed by atoms with Crippen molar-refractivity contribution in [1.82, 2.24) is 5.16 Å². The van der Waals surface area contributed by atoms with Crippen molar-refractivity contribution in [1.29, 1.82) is 0 Å². The van der Waals surface area contributed by atoms with E-state index >= 15 is 0 Å². The summed E-state index contributed by atoms with van der Waals surface area (Å²) in [6.07, 6.45) is 0. The SMILES string of the molecule is Cc1ccc(-c2cc(C(=O)Nc3c(C(=O)c4ccc(C)c(F)c4)oc4ccccc34)no2)cc1C. The molecule has 0 saturated carbocycles. The Labute approximate surface area is 200 Å². The van der Waals surface area contributed by atoms with Crippen LogP contribution in [0.15, 0.2) is 75.7 Å². The Kier molecular flexibility index (Phi) is 5.53. The molecule has 0 aliphatic carbocycles. The molecule has 6 nitrogen and oxygen atoms in total. The zero-order valence-corrected chi connectivity index (χ0v) is 19.3. The number of ketones is 1. The molecule has 0 radical (unpaired) electrons. The van der Waals surface area contributed by atoms with E-state index in [-0.39, 0.29) is 22.7 Å². The number of nitrogens with zero attached hydrogens (tertiary/aromatic N) is 1. The first-order valence-electron chi connectivity index (χ1n) is 11.0. The fourth-order valence-electron chi connectivity index (χ4n) is 3.79. The van der Waals surface area contributed by atoms with Crippen LogP contribution >= 0.6 is 0 Å². The highest BCUT2D eigenvalue weighted by Crippen LogP contribution is 2.33. The van der Waals surface area contributed by atoms with Crippen LogP contribution in [0, 0.1) is 26.6 Å². The lowest BCUT2D eigenvalue weighted by atomic mass is 10.0. The molecule has 0 atom stereocenters. The van der Waals surface area contributed by atoms with E-state index in [9.17, 15) is 14.0 Å². The minimum atomic E-state index is -0.570. The molecule has 5 aromatic rings. The first kappa shape index (κ1) is 22.3. The minimum absolute atomic E-state index is 0.0447. The number of furan rings is 1. The van der Waals surface area contributed by atoms with Gasteiger partial charge >= 0.3 is 0 Å². The molecule has 0 fully saturated rings. The third kappa shape index (κ3) is 4.12. The van der Waals surface area contributed by atoms with Crippen molar-refractivity contribution in [2.75, 3.05) is 5.32 Å². The zero-order valence-electron chi connectivity index (χ0n) is 19.3. The second-order valence-corrected chi connectivity index (χ2v) is 8.42. The average Bonchev–Trinajstić information content (AvgIpc) is 3.48. The van der Waals surface area contributed by atoms with Gasteiger partial charge in [-0.2, -0.15) is 0 Å². The lowest BCUT2D eigenvalue weighted by Gasteiger charge is -2.05. The van der Waals surface area contributed by atoms with Crippen LogP contribution in [0.25, 0.3) is 22.3 Å². The van der Waals surface area contributed by atoms with E-state index in [1.807, 2.05) is 32.0 Å². The number of aromatic nitrogens is 1. The van der Waals surface area contributed by atoms with Gasteiger partial charge in [0.25, 0.3) is 5.91 Å². The monoisotopic (exact) mass is 468 g/mol. The maximum Gasteiger partial charge on any atom is 0.277 e. The number of hydrogen-bond acceptors (Lipinski definition) is 5. The molecular formula is C28H21FN2O4. The summed E-state index contributed by atoms with van der Waals surface area (Å²) in [6.45, 7) is 5.61. The number of amides is 1. The molecule has 0 bridgehead atoms. The molecule has 5 rings (SSSR count). The summed E-state index contributed by atoms with van der Waals surface area (Å²) in [4.78, 5) is 26.3. The fourth-order valence-corrected chi connectivity index (χ4v) is 3.79. The number of anilines is 1. The van der Waals surface area contributed by atoms with Gasteiger partial charge in [0.1, 0.15) is 11.4 Å². The number of benzene rings is 3. The molecule has 1 N–H and O–H groups in total. The van der Waals surface area contributed by atoms with Gasteiger partial charge in [-0.25, -0.2) is 4.39 Å². The molecule has 3 aromatic carbocycles. The predicted molar refractivity (Wildman–Crippen MR) is 130 cm³/mol. The molecule has 2 aromatic heterocycles. The zero-order chi connectivity index (χ0) is 24.7. The summed E-state index contributed by atoms with van der Waals surface area (Å²) < 4.78 is 25.3. The summed E-state index contributed by atoms with van der Waals surface area (Å²) in [6, 6.07) is 18.5. The van der Waals surface area contributed by atoms with Gasteiger partial charge in [-0.3, -0.25) is 9.59 Å². The van der Waals surface area contributed by atoms with Gasteiger partial charge in [0, 0.05) is 22.6 Å². The summed E-state index contributed by atoms with van der Waals surface area (Å²) in [5.41, 5.74) is 4.21. The molecule has 0 aliphatic heterocycles. The van der Waals surface area contributed by atoms with Gasteiger partial charge in [0.05, 0.1) is 5.69 Å². The lowest BCUT2D eigenvalue weighted by molar-refractivity contribution is 0.101. The van der Waals surface area contributed by atoms with Crippen LogP contribution in [0.3, 0.4) is 0 Å².